The molecule has 1 aromatic rings. The minimum absolute atomic E-state index is 0.381. The minimum atomic E-state index is -2.58. The lowest BCUT2D eigenvalue weighted by Crippen LogP contribution is -2.32. The van der Waals surface area contributed by atoms with Crippen LogP contribution in [0.1, 0.15) is 18.0 Å². The summed E-state index contributed by atoms with van der Waals surface area (Å²) >= 11 is 0. The van der Waals surface area contributed by atoms with Crippen LogP contribution in [0, 0.1) is 0 Å². The van der Waals surface area contributed by atoms with Crippen molar-refractivity contribution in [2.75, 3.05) is 13.2 Å². The molecule has 0 radical (unpaired) electrons. The molecule has 4 nitrogen and oxygen atoms in total. The summed E-state index contributed by atoms with van der Waals surface area (Å²) in [4.78, 5) is 0. The van der Waals surface area contributed by atoms with Gasteiger partial charge in [-0.25, -0.2) is 14.2 Å². The van der Waals surface area contributed by atoms with Crippen LogP contribution in [0.15, 0.2) is 18.2 Å². The summed E-state index contributed by atoms with van der Waals surface area (Å²) in [5, 5.41) is 0. The van der Waals surface area contributed by atoms with E-state index in [1.54, 1.807) is 12.1 Å². The summed E-state index contributed by atoms with van der Waals surface area (Å²) in [6.07, 6.45) is -1.80. The predicted octanol–water partition coefficient (Wildman–Crippen LogP) is 1.62. The molecule has 1 unspecified atom stereocenters. The van der Waals surface area contributed by atoms with Crippen molar-refractivity contribution in [3.8, 4) is 11.5 Å². The minimum Gasteiger partial charge on any atom is -0.490 e. The highest BCUT2D eigenvalue weighted by atomic mass is 19.3. The highest BCUT2D eigenvalue weighted by Crippen LogP contribution is 2.33. The van der Waals surface area contributed by atoms with Gasteiger partial charge in [-0.3, -0.25) is 5.84 Å². The molecule has 0 aliphatic carbocycles. The van der Waals surface area contributed by atoms with E-state index in [2.05, 4.69) is 5.43 Å². The Morgan fingerprint density at radius 1 is 1.18 bits per heavy atom. The van der Waals surface area contributed by atoms with Crippen LogP contribution in [0.5, 0.6) is 11.5 Å². The van der Waals surface area contributed by atoms with Gasteiger partial charge >= 0.3 is 0 Å². The second-order valence-corrected chi connectivity index (χ2v) is 3.74. The largest absolute Gasteiger partial charge is 0.490 e. The molecule has 1 aliphatic heterocycles. The molecule has 0 saturated heterocycles. The zero-order valence-electron chi connectivity index (χ0n) is 9.16. The fraction of sp³-hybridized carbons (Fsp3) is 0.455. The first-order chi connectivity index (χ1) is 8.22. The summed E-state index contributed by atoms with van der Waals surface area (Å²) in [7, 11) is 0. The zero-order chi connectivity index (χ0) is 12.3. The number of hydrazine groups is 1. The van der Waals surface area contributed by atoms with Crippen LogP contribution >= 0.6 is 0 Å². The fourth-order valence-corrected chi connectivity index (χ4v) is 1.69. The van der Waals surface area contributed by atoms with E-state index >= 15 is 0 Å². The summed E-state index contributed by atoms with van der Waals surface area (Å²) in [6, 6.07) is 3.52. The van der Waals surface area contributed by atoms with Gasteiger partial charge in [-0.05, 0) is 17.7 Å². The van der Waals surface area contributed by atoms with Crippen molar-refractivity contribution in [3.05, 3.63) is 23.8 Å². The summed E-state index contributed by atoms with van der Waals surface area (Å²) < 4.78 is 36.2. The lowest BCUT2D eigenvalue weighted by atomic mass is 10.1. The molecule has 1 aromatic carbocycles. The molecule has 6 heteroatoms. The maximum atomic E-state index is 12.7. The molecule has 1 aliphatic rings. The van der Waals surface area contributed by atoms with Crippen molar-refractivity contribution in [2.24, 2.45) is 5.84 Å². The van der Waals surface area contributed by atoms with Crippen LogP contribution in [0.3, 0.4) is 0 Å². The van der Waals surface area contributed by atoms with Crippen molar-refractivity contribution in [3.63, 3.8) is 0 Å². The maximum absolute atomic E-state index is 12.7. The second kappa shape index (κ2) is 5.29. The number of benzene rings is 1. The molecular weight excluding hydrogens is 230 g/mol. The van der Waals surface area contributed by atoms with Crippen LogP contribution in [-0.4, -0.2) is 19.6 Å². The van der Waals surface area contributed by atoms with Gasteiger partial charge in [0.05, 0.1) is 13.2 Å². The topological polar surface area (TPSA) is 56.5 Å². The number of halogens is 2. The first-order valence-electron chi connectivity index (χ1n) is 5.36. The van der Waals surface area contributed by atoms with Crippen LogP contribution in [0.4, 0.5) is 8.78 Å². The molecule has 94 valence electrons. The Morgan fingerprint density at radius 3 is 2.53 bits per heavy atom. The number of nitrogens with one attached hydrogen (secondary N) is 1. The number of nitrogens with two attached hydrogens (primary N) is 1. The summed E-state index contributed by atoms with van der Waals surface area (Å²) in [5.74, 6) is 6.18. The van der Waals surface area contributed by atoms with E-state index < -0.39 is 12.5 Å². The third-order valence-corrected chi connectivity index (χ3v) is 2.56. The average molecular weight is 244 g/mol. The lowest BCUT2D eigenvalue weighted by molar-refractivity contribution is 0.0985. The molecule has 2 rings (SSSR count). The molecule has 0 bridgehead atoms. The SMILES string of the molecule is NNC(c1ccc2c(c1)OCCCO2)C(F)F. The number of ether oxygens (including phenoxy) is 2. The van der Waals surface area contributed by atoms with Crippen molar-refractivity contribution in [1.29, 1.82) is 0 Å². The van der Waals surface area contributed by atoms with E-state index in [-0.39, 0.29) is 0 Å². The highest BCUT2D eigenvalue weighted by molar-refractivity contribution is 5.44. The van der Waals surface area contributed by atoms with Crippen LogP contribution < -0.4 is 20.7 Å². The monoisotopic (exact) mass is 244 g/mol. The molecule has 1 heterocycles. The Kier molecular flexibility index (Phi) is 3.75. The molecule has 0 fully saturated rings. The van der Waals surface area contributed by atoms with Crippen LogP contribution in [0.2, 0.25) is 0 Å². The van der Waals surface area contributed by atoms with E-state index in [1.807, 2.05) is 0 Å². The number of hydrogen-bond donors (Lipinski definition) is 2. The molecular formula is C11H14F2N2O2. The molecule has 0 spiro atoms. The van der Waals surface area contributed by atoms with Crippen molar-refractivity contribution in [2.45, 2.75) is 18.9 Å². The standard InChI is InChI=1S/C11H14F2N2O2/c12-11(13)10(15-14)7-2-3-8-9(6-7)17-5-1-4-16-8/h2-3,6,10-11,15H,1,4-5,14H2. The van der Waals surface area contributed by atoms with Gasteiger partial charge in [-0.2, -0.15) is 0 Å². The van der Waals surface area contributed by atoms with E-state index in [9.17, 15) is 8.78 Å². The van der Waals surface area contributed by atoms with Gasteiger partial charge in [0, 0.05) is 6.42 Å². The Balaban J connectivity index is 2.28. The lowest BCUT2D eigenvalue weighted by Gasteiger charge is -2.17. The summed E-state index contributed by atoms with van der Waals surface area (Å²) in [5.41, 5.74) is 2.48. The molecule has 3 N–H and O–H groups in total. The Morgan fingerprint density at radius 2 is 1.88 bits per heavy atom. The summed E-state index contributed by atoms with van der Waals surface area (Å²) in [6.45, 7) is 1.09. The highest BCUT2D eigenvalue weighted by Gasteiger charge is 2.22. The molecule has 17 heavy (non-hydrogen) atoms. The normalized spacial score (nSPS) is 16.7. The van der Waals surface area contributed by atoms with Gasteiger partial charge < -0.3 is 9.47 Å². The smallest absolute Gasteiger partial charge is 0.259 e. The van der Waals surface area contributed by atoms with Crippen molar-refractivity contribution in [1.82, 2.24) is 5.43 Å². The quantitative estimate of drug-likeness (QED) is 0.626. The van der Waals surface area contributed by atoms with Crippen molar-refractivity contribution >= 4 is 0 Å². The fourth-order valence-electron chi connectivity index (χ4n) is 1.69. The van der Waals surface area contributed by atoms with Gasteiger partial charge in [0.15, 0.2) is 11.5 Å². The van der Waals surface area contributed by atoms with Gasteiger partial charge in [-0.15, -0.1) is 0 Å². The number of rotatable bonds is 3. The van der Waals surface area contributed by atoms with E-state index in [4.69, 9.17) is 15.3 Å². The Labute approximate surface area is 97.7 Å². The van der Waals surface area contributed by atoms with Gasteiger partial charge in [0.1, 0.15) is 6.04 Å². The van der Waals surface area contributed by atoms with Crippen LogP contribution in [-0.2, 0) is 0 Å². The molecule has 0 amide bonds. The Bertz CT molecular complexity index is 388. The van der Waals surface area contributed by atoms with Gasteiger partial charge in [0.25, 0.3) is 6.43 Å². The van der Waals surface area contributed by atoms with Crippen LogP contribution in [0.25, 0.3) is 0 Å². The molecule has 1 atom stereocenters. The first-order valence-corrected chi connectivity index (χ1v) is 5.36. The second-order valence-electron chi connectivity index (χ2n) is 3.74. The predicted molar refractivity (Wildman–Crippen MR) is 58.1 cm³/mol. The zero-order valence-corrected chi connectivity index (χ0v) is 9.16. The van der Waals surface area contributed by atoms with Crippen molar-refractivity contribution < 1.29 is 18.3 Å². The van der Waals surface area contributed by atoms with E-state index in [0.29, 0.717) is 30.3 Å². The number of alkyl halides is 2. The molecule has 0 aromatic heterocycles. The Hall–Kier alpha value is -1.40. The van der Waals surface area contributed by atoms with E-state index in [1.165, 1.54) is 6.07 Å². The third-order valence-electron chi connectivity index (χ3n) is 2.56. The number of fused-ring (bicyclic) bond motifs is 1. The first kappa shape index (κ1) is 12.1. The van der Waals surface area contributed by atoms with Gasteiger partial charge in [0.2, 0.25) is 0 Å². The maximum Gasteiger partial charge on any atom is 0.259 e. The number of hydrogen-bond acceptors (Lipinski definition) is 4. The van der Waals surface area contributed by atoms with E-state index in [0.717, 1.165) is 6.42 Å². The van der Waals surface area contributed by atoms with Gasteiger partial charge in [-0.1, -0.05) is 6.07 Å². The third kappa shape index (κ3) is 2.65. The molecule has 0 saturated carbocycles. The average Bonchev–Trinajstić information content (AvgIpc) is 2.54.